The zero-order valence-electron chi connectivity index (χ0n) is 13.4. The Kier molecular flexibility index (Phi) is 4.69. The molecule has 120 valence electrons. The molecule has 0 radical (unpaired) electrons. The molecule has 5 heteroatoms. The molecule has 1 spiro atoms. The number of rotatable bonds is 4. The molecular formula is C16H30N4O. The van der Waals surface area contributed by atoms with Gasteiger partial charge in [0.2, 0.25) is 0 Å². The fourth-order valence-electron chi connectivity index (χ4n) is 4.12. The van der Waals surface area contributed by atoms with Gasteiger partial charge in [0.15, 0.2) is 5.96 Å². The van der Waals surface area contributed by atoms with Crippen LogP contribution in [0.1, 0.15) is 45.4 Å². The number of nitrogens with zero attached hydrogens (tertiary/aromatic N) is 3. The fourth-order valence-corrected chi connectivity index (χ4v) is 4.12. The molecule has 0 aliphatic carbocycles. The highest BCUT2D eigenvalue weighted by Gasteiger charge is 2.43. The molecule has 3 rings (SSSR count). The SMILES string of the molecule is CCCN1CCCC2(CC1)CN=C(N)N2CC1CCCO1. The number of aliphatic imine (C=N–C) groups is 1. The molecule has 2 atom stereocenters. The van der Waals surface area contributed by atoms with E-state index in [4.69, 9.17) is 10.5 Å². The van der Waals surface area contributed by atoms with Gasteiger partial charge in [0, 0.05) is 19.7 Å². The van der Waals surface area contributed by atoms with Crippen molar-refractivity contribution in [2.24, 2.45) is 10.7 Å². The molecule has 2 unspecified atom stereocenters. The summed E-state index contributed by atoms with van der Waals surface area (Å²) in [5.41, 5.74) is 6.38. The molecule has 0 aromatic rings. The molecule has 0 saturated carbocycles. The van der Waals surface area contributed by atoms with Crippen LogP contribution in [0, 0.1) is 0 Å². The van der Waals surface area contributed by atoms with Crippen molar-refractivity contribution in [1.29, 1.82) is 0 Å². The molecule has 2 fully saturated rings. The Morgan fingerprint density at radius 1 is 1.33 bits per heavy atom. The molecule has 5 nitrogen and oxygen atoms in total. The molecule has 0 amide bonds. The highest BCUT2D eigenvalue weighted by Crippen LogP contribution is 2.34. The second-order valence-corrected chi connectivity index (χ2v) is 6.84. The van der Waals surface area contributed by atoms with E-state index in [2.05, 4.69) is 21.7 Å². The maximum absolute atomic E-state index is 6.21. The molecule has 2 saturated heterocycles. The number of hydrogen-bond acceptors (Lipinski definition) is 5. The topological polar surface area (TPSA) is 54.1 Å². The highest BCUT2D eigenvalue weighted by atomic mass is 16.5. The van der Waals surface area contributed by atoms with E-state index >= 15 is 0 Å². The second-order valence-electron chi connectivity index (χ2n) is 6.84. The smallest absolute Gasteiger partial charge is 0.191 e. The van der Waals surface area contributed by atoms with Crippen LogP contribution in [-0.4, -0.2) is 66.7 Å². The Hall–Kier alpha value is -0.810. The van der Waals surface area contributed by atoms with Crippen LogP contribution in [0.15, 0.2) is 4.99 Å². The summed E-state index contributed by atoms with van der Waals surface area (Å²) in [6.45, 7) is 8.61. The lowest BCUT2D eigenvalue weighted by Gasteiger charge is -2.40. The zero-order valence-corrected chi connectivity index (χ0v) is 13.4. The summed E-state index contributed by atoms with van der Waals surface area (Å²) in [5.74, 6) is 0.745. The first-order chi connectivity index (χ1) is 10.2. The van der Waals surface area contributed by atoms with Crippen LogP contribution >= 0.6 is 0 Å². The van der Waals surface area contributed by atoms with Crippen LogP contribution in [0.5, 0.6) is 0 Å². The Morgan fingerprint density at radius 2 is 2.24 bits per heavy atom. The zero-order chi connectivity index (χ0) is 14.7. The minimum absolute atomic E-state index is 0.165. The van der Waals surface area contributed by atoms with Crippen LogP contribution in [0.25, 0.3) is 0 Å². The van der Waals surface area contributed by atoms with Crippen LogP contribution in [0.3, 0.4) is 0 Å². The Balaban J connectivity index is 1.66. The van der Waals surface area contributed by atoms with Gasteiger partial charge in [0.05, 0.1) is 18.2 Å². The summed E-state index contributed by atoms with van der Waals surface area (Å²) < 4.78 is 5.83. The molecule has 3 heterocycles. The lowest BCUT2D eigenvalue weighted by atomic mass is 9.89. The maximum Gasteiger partial charge on any atom is 0.191 e. The minimum atomic E-state index is 0.165. The van der Waals surface area contributed by atoms with Crippen molar-refractivity contribution in [3.05, 3.63) is 0 Å². The van der Waals surface area contributed by atoms with Crippen molar-refractivity contribution >= 4 is 5.96 Å². The monoisotopic (exact) mass is 294 g/mol. The molecular weight excluding hydrogens is 264 g/mol. The van der Waals surface area contributed by atoms with Gasteiger partial charge in [-0.15, -0.1) is 0 Å². The predicted octanol–water partition coefficient (Wildman–Crippen LogP) is 1.43. The molecule has 2 N–H and O–H groups in total. The fraction of sp³-hybridized carbons (Fsp3) is 0.938. The average molecular weight is 294 g/mol. The summed E-state index contributed by atoms with van der Waals surface area (Å²) in [4.78, 5) is 9.59. The van der Waals surface area contributed by atoms with Gasteiger partial charge in [0.1, 0.15) is 0 Å². The first kappa shape index (κ1) is 15.1. The van der Waals surface area contributed by atoms with Crippen LogP contribution in [0.4, 0.5) is 0 Å². The summed E-state index contributed by atoms with van der Waals surface area (Å²) in [5, 5.41) is 0. The summed E-state index contributed by atoms with van der Waals surface area (Å²) >= 11 is 0. The van der Waals surface area contributed by atoms with Crippen LogP contribution in [0.2, 0.25) is 0 Å². The van der Waals surface area contributed by atoms with E-state index in [0.717, 1.165) is 25.7 Å². The predicted molar refractivity (Wildman–Crippen MR) is 85.5 cm³/mol. The Labute approximate surface area is 128 Å². The van der Waals surface area contributed by atoms with Gasteiger partial charge in [-0.1, -0.05) is 6.92 Å². The molecule has 3 aliphatic heterocycles. The third-order valence-electron chi connectivity index (χ3n) is 5.34. The van der Waals surface area contributed by atoms with E-state index in [-0.39, 0.29) is 5.54 Å². The van der Waals surface area contributed by atoms with E-state index in [1.807, 2.05) is 0 Å². The molecule has 21 heavy (non-hydrogen) atoms. The number of guanidine groups is 1. The van der Waals surface area contributed by atoms with Crippen LogP contribution < -0.4 is 5.73 Å². The van der Waals surface area contributed by atoms with Crippen molar-refractivity contribution in [3.63, 3.8) is 0 Å². The first-order valence-corrected chi connectivity index (χ1v) is 8.65. The van der Waals surface area contributed by atoms with Crippen molar-refractivity contribution in [1.82, 2.24) is 9.80 Å². The summed E-state index contributed by atoms with van der Waals surface area (Å²) in [7, 11) is 0. The van der Waals surface area contributed by atoms with Crippen molar-refractivity contribution in [3.8, 4) is 0 Å². The number of likely N-dealkylation sites (tertiary alicyclic amines) is 1. The standard InChI is InChI=1S/C16H30N4O/c1-2-8-19-9-4-6-16(7-10-19)13-18-15(17)20(16)12-14-5-3-11-21-14/h14H,2-13H2,1H3,(H2,17,18). The highest BCUT2D eigenvalue weighted by molar-refractivity contribution is 5.81. The Bertz CT molecular complexity index is 380. The van der Waals surface area contributed by atoms with Gasteiger partial charge in [-0.3, -0.25) is 4.99 Å². The maximum atomic E-state index is 6.21. The van der Waals surface area contributed by atoms with E-state index in [1.54, 1.807) is 0 Å². The van der Waals surface area contributed by atoms with E-state index in [9.17, 15) is 0 Å². The van der Waals surface area contributed by atoms with E-state index < -0.39 is 0 Å². The number of nitrogens with two attached hydrogens (primary N) is 1. The van der Waals surface area contributed by atoms with E-state index in [1.165, 1.54) is 58.2 Å². The third-order valence-corrected chi connectivity index (χ3v) is 5.34. The Morgan fingerprint density at radius 3 is 3.00 bits per heavy atom. The van der Waals surface area contributed by atoms with Crippen LogP contribution in [-0.2, 0) is 4.74 Å². The van der Waals surface area contributed by atoms with E-state index in [0.29, 0.717) is 6.10 Å². The van der Waals surface area contributed by atoms with Gasteiger partial charge in [-0.05, 0) is 51.6 Å². The lowest BCUT2D eigenvalue weighted by Crippen LogP contribution is -2.54. The molecule has 0 bridgehead atoms. The minimum Gasteiger partial charge on any atom is -0.376 e. The van der Waals surface area contributed by atoms with Crippen molar-refractivity contribution < 1.29 is 4.74 Å². The lowest BCUT2D eigenvalue weighted by molar-refractivity contribution is 0.0606. The van der Waals surface area contributed by atoms with Gasteiger partial charge in [-0.25, -0.2) is 0 Å². The molecule has 3 aliphatic rings. The third kappa shape index (κ3) is 3.19. The second kappa shape index (κ2) is 6.53. The normalized spacial score (nSPS) is 34.4. The number of ether oxygens (including phenoxy) is 1. The summed E-state index contributed by atoms with van der Waals surface area (Å²) in [6.07, 6.45) is 7.60. The van der Waals surface area contributed by atoms with Crippen molar-refractivity contribution in [2.45, 2.75) is 57.1 Å². The van der Waals surface area contributed by atoms with Crippen molar-refractivity contribution in [2.75, 3.05) is 39.3 Å². The van der Waals surface area contributed by atoms with Gasteiger partial charge < -0.3 is 20.3 Å². The molecule has 0 aromatic carbocycles. The first-order valence-electron chi connectivity index (χ1n) is 8.65. The number of hydrogen-bond donors (Lipinski definition) is 1. The van der Waals surface area contributed by atoms with Gasteiger partial charge >= 0.3 is 0 Å². The van der Waals surface area contributed by atoms with Gasteiger partial charge in [0.25, 0.3) is 0 Å². The average Bonchev–Trinajstić information content (AvgIpc) is 3.03. The van der Waals surface area contributed by atoms with Gasteiger partial charge in [-0.2, -0.15) is 0 Å². The summed E-state index contributed by atoms with van der Waals surface area (Å²) in [6, 6.07) is 0. The molecule has 0 aromatic heterocycles. The quantitative estimate of drug-likeness (QED) is 0.852. The largest absolute Gasteiger partial charge is 0.376 e.